The fraction of sp³-hybridized carbons (Fsp3) is 0.250. The highest BCUT2D eigenvalue weighted by Gasteiger charge is 2.17. The van der Waals surface area contributed by atoms with Crippen molar-refractivity contribution in [1.82, 2.24) is 14.5 Å². The molecule has 2 aromatic heterocycles. The molecule has 2 aromatic carbocycles. The highest BCUT2D eigenvalue weighted by Crippen LogP contribution is 2.28. The average molecular weight is 401 g/mol. The van der Waals surface area contributed by atoms with Crippen molar-refractivity contribution in [3.63, 3.8) is 0 Å². The van der Waals surface area contributed by atoms with Crippen LogP contribution in [0.4, 0.5) is 23.1 Å². The van der Waals surface area contributed by atoms with Crippen molar-refractivity contribution in [2.45, 2.75) is 27.2 Å². The molecule has 0 saturated carbocycles. The Morgan fingerprint density at radius 2 is 1.63 bits per heavy atom. The summed E-state index contributed by atoms with van der Waals surface area (Å²) in [4.78, 5) is 11.7. The Bertz CT molecular complexity index is 1140. The lowest BCUT2D eigenvalue weighted by atomic mass is 10.2. The Balaban J connectivity index is 1.67. The number of nitrogens with one attached hydrogen (secondary N) is 1. The Labute approximate surface area is 177 Å². The van der Waals surface area contributed by atoms with Gasteiger partial charge in [-0.15, -0.1) is 0 Å². The maximum Gasteiger partial charge on any atom is 0.208 e. The van der Waals surface area contributed by atoms with Gasteiger partial charge in [0.25, 0.3) is 0 Å². The average Bonchev–Trinajstić information content (AvgIpc) is 3.10. The largest absolute Gasteiger partial charge is 0.372 e. The SMILES string of the molecule is CCc1c(Nc2ccc(N(CC)CC)cc2)nc(N)n1-c1ccc2ccccc2n1. The van der Waals surface area contributed by atoms with Crippen LogP contribution >= 0.6 is 0 Å². The van der Waals surface area contributed by atoms with Crippen LogP contribution in [0.1, 0.15) is 26.5 Å². The lowest BCUT2D eigenvalue weighted by molar-refractivity contribution is 0.866. The topological polar surface area (TPSA) is 72.0 Å². The summed E-state index contributed by atoms with van der Waals surface area (Å²) in [7, 11) is 0. The second kappa shape index (κ2) is 8.45. The number of hydrogen-bond donors (Lipinski definition) is 2. The zero-order chi connectivity index (χ0) is 21.1. The molecule has 0 unspecified atom stereocenters. The molecule has 0 aliphatic heterocycles. The Morgan fingerprint density at radius 3 is 2.33 bits per heavy atom. The van der Waals surface area contributed by atoms with Crippen molar-refractivity contribution in [3.05, 3.63) is 66.4 Å². The van der Waals surface area contributed by atoms with E-state index in [1.54, 1.807) is 0 Å². The molecule has 4 rings (SSSR count). The third-order valence-electron chi connectivity index (χ3n) is 5.41. The molecule has 0 bridgehead atoms. The monoisotopic (exact) mass is 400 g/mol. The zero-order valence-electron chi connectivity index (χ0n) is 17.8. The van der Waals surface area contributed by atoms with E-state index in [2.05, 4.69) is 72.4 Å². The molecule has 0 saturated heterocycles. The van der Waals surface area contributed by atoms with E-state index >= 15 is 0 Å². The second-order valence-electron chi connectivity index (χ2n) is 7.16. The van der Waals surface area contributed by atoms with Crippen LogP contribution < -0.4 is 16.0 Å². The smallest absolute Gasteiger partial charge is 0.208 e. The number of aromatic nitrogens is 3. The Morgan fingerprint density at radius 1 is 0.900 bits per heavy atom. The van der Waals surface area contributed by atoms with Crippen LogP contribution in [0, 0.1) is 0 Å². The van der Waals surface area contributed by atoms with Gasteiger partial charge in [0.1, 0.15) is 5.82 Å². The molecule has 2 heterocycles. The molecule has 0 aliphatic carbocycles. The van der Waals surface area contributed by atoms with Gasteiger partial charge in [0.2, 0.25) is 5.95 Å². The standard InChI is InChI=1S/C24H28N6/c1-4-21-23(26-18-12-14-19(15-13-18)29(5-2)6-3)28-24(25)30(21)22-16-11-17-9-7-8-10-20(17)27-22/h7-16,26H,4-6H2,1-3H3,(H2,25,28). The summed E-state index contributed by atoms with van der Waals surface area (Å²) in [6, 6.07) is 20.5. The number of hydrogen-bond acceptors (Lipinski definition) is 5. The van der Waals surface area contributed by atoms with E-state index in [-0.39, 0.29) is 0 Å². The van der Waals surface area contributed by atoms with E-state index < -0.39 is 0 Å². The molecular formula is C24H28N6. The maximum atomic E-state index is 6.31. The van der Waals surface area contributed by atoms with Gasteiger partial charge in [-0.05, 0) is 62.7 Å². The van der Waals surface area contributed by atoms with E-state index in [1.807, 2.05) is 28.8 Å². The summed E-state index contributed by atoms with van der Waals surface area (Å²) in [5.41, 5.74) is 10.4. The number of para-hydroxylation sites is 1. The first-order chi connectivity index (χ1) is 14.6. The first-order valence-electron chi connectivity index (χ1n) is 10.5. The van der Waals surface area contributed by atoms with Crippen molar-refractivity contribution in [2.75, 3.05) is 29.0 Å². The van der Waals surface area contributed by atoms with Gasteiger partial charge in [-0.25, -0.2) is 4.98 Å². The van der Waals surface area contributed by atoms with Crippen molar-refractivity contribution in [3.8, 4) is 5.82 Å². The molecule has 0 radical (unpaired) electrons. The fourth-order valence-corrected chi connectivity index (χ4v) is 3.82. The highest BCUT2D eigenvalue weighted by molar-refractivity contribution is 5.79. The summed E-state index contributed by atoms with van der Waals surface area (Å²) in [6.07, 6.45) is 0.776. The summed E-state index contributed by atoms with van der Waals surface area (Å²) >= 11 is 0. The molecule has 30 heavy (non-hydrogen) atoms. The molecule has 154 valence electrons. The van der Waals surface area contributed by atoms with Crippen LogP contribution in [-0.2, 0) is 6.42 Å². The maximum absolute atomic E-state index is 6.31. The molecule has 0 fully saturated rings. The molecule has 0 amide bonds. The lowest BCUT2D eigenvalue weighted by Gasteiger charge is -2.21. The predicted octanol–water partition coefficient (Wildman–Crippen LogP) is 5.15. The summed E-state index contributed by atoms with van der Waals surface area (Å²) in [5, 5.41) is 4.54. The number of nitrogen functional groups attached to an aromatic ring is 1. The normalized spacial score (nSPS) is 11.0. The lowest BCUT2D eigenvalue weighted by Crippen LogP contribution is -2.21. The molecule has 0 aliphatic rings. The van der Waals surface area contributed by atoms with Gasteiger partial charge in [0.15, 0.2) is 5.82 Å². The first-order valence-corrected chi connectivity index (χ1v) is 10.5. The number of anilines is 4. The van der Waals surface area contributed by atoms with Gasteiger partial charge in [0, 0.05) is 29.9 Å². The number of fused-ring (bicyclic) bond motifs is 1. The van der Waals surface area contributed by atoms with Gasteiger partial charge in [0.05, 0.1) is 11.2 Å². The summed E-state index contributed by atoms with van der Waals surface area (Å²) < 4.78 is 1.93. The van der Waals surface area contributed by atoms with E-state index in [0.29, 0.717) is 5.95 Å². The van der Waals surface area contributed by atoms with Crippen LogP contribution in [0.5, 0.6) is 0 Å². The summed E-state index contributed by atoms with van der Waals surface area (Å²) in [6.45, 7) is 8.41. The number of nitrogens with zero attached hydrogens (tertiary/aromatic N) is 4. The Hall–Kier alpha value is -3.54. The van der Waals surface area contributed by atoms with Gasteiger partial charge >= 0.3 is 0 Å². The molecule has 3 N–H and O–H groups in total. The van der Waals surface area contributed by atoms with Crippen LogP contribution in [-0.4, -0.2) is 27.6 Å². The number of pyridine rings is 1. The van der Waals surface area contributed by atoms with Crippen LogP contribution in [0.25, 0.3) is 16.7 Å². The van der Waals surface area contributed by atoms with Gasteiger partial charge in [-0.1, -0.05) is 25.1 Å². The minimum atomic E-state index is 0.428. The third kappa shape index (κ3) is 3.68. The third-order valence-corrected chi connectivity index (χ3v) is 5.41. The number of benzene rings is 2. The minimum Gasteiger partial charge on any atom is -0.372 e. The molecule has 0 spiro atoms. The zero-order valence-corrected chi connectivity index (χ0v) is 17.8. The van der Waals surface area contributed by atoms with Gasteiger partial charge in [-0.3, -0.25) is 4.57 Å². The predicted molar refractivity (Wildman–Crippen MR) is 126 cm³/mol. The van der Waals surface area contributed by atoms with Gasteiger partial charge in [-0.2, -0.15) is 4.98 Å². The van der Waals surface area contributed by atoms with Crippen molar-refractivity contribution in [1.29, 1.82) is 0 Å². The summed E-state index contributed by atoms with van der Waals surface area (Å²) in [5.74, 6) is 1.97. The number of nitrogens with two attached hydrogens (primary N) is 1. The van der Waals surface area contributed by atoms with Gasteiger partial charge < -0.3 is 16.0 Å². The van der Waals surface area contributed by atoms with E-state index in [0.717, 1.165) is 53.4 Å². The molecular weight excluding hydrogens is 372 g/mol. The van der Waals surface area contributed by atoms with Crippen LogP contribution in [0.2, 0.25) is 0 Å². The minimum absolute atomic E-state index is 0.428. The second-order valence-corrected chi connectivity index (χ2v) is 7.16. The molecule has 6 nitrogen and oxygen atoms in total. The number of imidazole rings is 1. The van der Waals surface area contributed by atoms with Crippen LogP contribution in [0.3, 0.4) is 0 Å². The van der Waals surface area contributed by atoms with E-state index in [4.69, 9.17) is 10.7 Å². The molecule has 6 heteroatoms. The first kappa shape index (κ1) is 19.8. The van der Waals surface area contributed by atoms with Crippen molar-refractivity contribution < 1.29 is 0 Å². The fourth-order valence-electron chi connectivity index (χ4n) is 3.82. The molecule has 0 atom stereocenters. The van der Waals surface area contributed by atoms with Crippen molar-refractivity contribution in [2.24, 2.45) is 0 Å². The van der Waals surface area contributed by atoms with Crippen LogP contribution in [0.15, 0.2) is 60.7 Å². The highest BCUT2D eigenvalue weighted by atomic mass is 15.2. The van der Waals surface area contributed by atoms with Crippen molar-refractivity contribution >= 4 is 34.0 Å². The quantitative estimate of drug-likeness (QED) is 0.449. The van der Waals surface area contributed by atoms with E-state index in [1.165, 1.54) is 5.69 Å². The Kier molecular flexibility index (Phi) is 5.57. The number of rotatable bonds is 7. The van der Waals surface area contributed by atoms with E-state index in [9.17, 15) is 0 Å². The molecule has 4 aromatic rings.